The molecule has 0 aliphatic rings. The van der Waals surface area contributed by atoms with Gasteiger partial charge in [0.25, 0.3) is 0 Å². The van der Waals surface area contributed by atoms with Crippen LogP contribution in [0, 0.1) is 5.92 Å². The molecule has 0 radical (unpaired) electrons. The monoisotopic (exact) mass is 217 g/mol. The molecule has 1 atom stereocenters. The zero-order chi connectivity index (χ0) is 11.7. The second-order valence-corrected chi connectivity index (χ2v) is 4.80. The molecule has 0 saturated carbocycles. The van der Waals surface area contributed by atoms with E-state index in [0.717, 1.165) is 26.1 Å². The van der Waals surface area contributed by atoms with Crippen molar-refractivity contribution in [2.75, 3.05) is 33.9 Å². The molecule has 0 rings (SSSR count). The first-order chi connectivity index (χ1) is 7.02. The lowest BCUT2D eigenvalue weighted by molar-refractivity contribution is 0.0108. The van der Waals surface area contributed by atoms with E-state index in [1.807, 2.05) is 0 Å². The van der Waals surface area contributed by atoms with Gasteiger partial charge in [-0.15, -0.1) is 0 Å². The lowest BCUT2D eigenvalue weighted by Crippen LogP contribution is -2.27. The molecular formula is C12H27NO2. The maximum atomic E-state index is 5.39. The van der Waals surface area contributed by atoms with Gasteiger partial charge in [-0.1, -0.05) is 6.92 Å². The standard InChI is InChI=1S/C12H27NO2/c1-11(10-13-8-9-14-4)6-7-12(2,3)15-5/h11,13H,6-10H2,1-5H3. The van der Waals surface area contributed by atoms with Crippen LogP contribution in [0.3, 0.4) is 0 Å². The van der Waals surface area contributed by atoms with Crippen molar-refractivity contribution in [3.05, 3.63) is 0 Å². The highest BCUT2D eigenvalue weighted by Gasteiger charge is 2.17. The Balaban J connectivity index is 3.44. The van der Waals surface area contributed by atoms with Crippen LogP contribution in [0.1, 0.15) is 33.6 Å². The van der Waals surface area contributed by atoms with Crippen LogP contribution in [0.25, 0.3) is 0 Å². The summed E-state index contributed by atoms with van der Waals surface area (Å²) in [6.45, 7) is 9.33. The Hall–Kier alpha value is -0.120. The summed E-state index contributed by atoms with van der Waals surface area (Å²) in [5.74, 6) is 0.691. The Labute approximate surface area is 94.5 Å². The number of rotatable bonds is 9. The smallest absolute Gasteiger partial charge is 0.0622 e. The Morgan fingerprint density at radius 1 is 1.27 bits per heavy atom. The number of methoxy groups -OCH3 is 2. The number of hydrogen-bond donors (Lipinski definition) is 1. The highest BCUT2D eigenvalue weighted by Crippen LogP contribution is 2.18. The molecule has 3 nitrogen and oxygen atoms in total. The van der Waals surface area contributed by atoms with E-state index in [4.69, 9.17) is 9.47 Å². The van der Waals surface area contributed by atoms with Crippen LogP contribution in [-0.4, -0.2) is 39.5 Å². The van der Waals surface area contributed by atoms with Crippen LogP contribution in [-0.2, 0) is 9.47 Å². The van der Waals surface area contributed by atoms with Crippen LogP contribution < -0.4 is 5.32 Å². The van der Waals surface area contributed by atoms with Crippen LogP contribution >= 0.6 is 0 Å². The predicted octanol–water partition coefficient (Wildman–Crippen LogP) is 2.06. The van der Waals surface area contributed by atoms with Gasteiger partial charge in [-0.05, 0) is 39.2 Å². The van der Waals surface area contributed by atoms with Crippen molar-refractivity contribution < 1.29 is 9.47 Å². The minimum absolute atomic E-state index is 0.0147. The van der Waals surface area contributed by atoms with E-state index in [1.54, 1.807) is 14.2 Å². The van der Waals surface area contributed by atoms with Crippen LogP contribution in [0.15, 0.2) is 0 Å². The highest BCUT2D eigenvalue weighted by molar-refractivity contribution is 4.70. The summed E-state index contributed by atoms with van der Waals surface area (Å²) in [7, 11) is 3.51. The van der Waals surface area contributed by atoms with Crippen LogP contribution in [0.4, 0.5) is 0 Å². The molecule has 0 aromatic carbocycles. The molecule has 92 valence electrons. The molecule has 1 N–H and O–H groups in total. The van der Waals surface area contributed by atoms with E-state index < -0.39 is 0 Å². The van der Waals surface area contributed by atoms with E-state index in [9.17, 15) is 0 Å². The molecule has 15 heavy (non-hydrogen) atoms. The molecule has 0 heterocycles. The topological polar surface area (TPSA) is 30.5 Å². The maximum absolute atomic E-state index is 5.39. The molecule has 0 bridgehead atoms. The first-order valence-electron chi connectivity index (χ1n) is 5.76. The largest absolute Gasteiger partial charge is 0.383 e. The van der Waals surface area contributed by atoms with Gasteiger partial charge in [0.2, 0.25) is 0 Å². The first kappa shape index (κ1) is 14.9. The lowest BCUT2D eigenvalue weighted by atomic mass is 9.96. The third kappa shape index (κ3) is 8.85. The molecule has 0 aliphatic heterocycles. The third-order valence-corrected chi connectivity index (χ3v) is 2.77. The second-order valence-electron chi connectivity index (χ2n) is 4.80. The maximum Gasteiger partial charge on any atom is 0.0622 e. The Bertz CT molecular complexity index is 149. The van der Waals surface area contributed by atoms with E-state index in [2.05, 4.69) is 26.1 Å². The molecule has 0 spiro atoms. The van der Waals surface area contributed by atoms with E-state index in [1.165, 1.54) is 6.42 Å². The van der Waals surface area contributed by atoms with Crippen molar-refractivity contribution in [2.45, 2.75) is 39.2 Å². The summed E-state index contributed by atoms with van der Waals surface area (Å²) < 4.78 is 10.4. The molecule has 1 unspecified atom stereocenters. The van der Waals surface area contributed by atoms with Crippen molar-refractivity contribution in [2.24, 2.45) is 5.92 Å². The number of ether oxygens (including phenoxy) is 2. The quantitative estimate of drug-likeness (QED) is 0.600. The molecular weight excluding hydrogens is 190 g/mol. The molecule has 0 aromatic heterocycles. The first-order valence-corrected chi connectivity index (χ1v) is 5.76. The van der Waals surface area contributed by atoms with Crippen LogP contribution in [0.5, 0.6) is 0 Å². The van der Waals surface area contributed by atoms with Gasteiger partial charge in [0.15, 0.2) is 0 Å². The zero-order valence-electron chi connectivity index (χ0n) is 10.9. The highest BCUT2D eigenvalue weighted by atomic mass is 16.5. The van der Waals surface area contributed by atoms with Crippen molar-refractivity contribution in [1.82, 2.24) is 5.32 Å². The van der Waals surface area contributed by atoms with Gasteiger partial charge in [0, 0.05) is 20.8 Å². The summed E-state index contributed by atoms with van der Waals surface area (Å²) in [6, 6.07) is 0. The van der Waals surface area contributed by atoms with E-state index >= 15 is 0 Å². The fourth-order valence-corrected chi connectivity index (χ4v) is 1.32. The average Bonchev–Trinajstić information content (AvgIpc) is 2.22. The number of hydrogen-bond acceptors (Lipinski definition) is 3. The minimum Gasteiger partial charge on any atom is -0.383 e. The summed E-state index contributed by atoms with van der Waals surface area (Å²) in [5.41, 5.74) is 0.0147. The fourth-order valence-electron chi connectivity index (χ4n) is 1.32. The summed E-state index contributed by atoms with van der Waals surface area (Å²) in [5, 5.41) is 3.37. The Morgan fingerprint density at radius 2 is 1.93 bits per heavy atom. The summed E-state index contributed by atoms with van der Waals surface area (Å²) >= 11 is 0. The second kappa shape index (κ2) is 8.08. The van der Waals surface area contributed by atoms with Gasteiger partial charge in [-0.3, -0.25) is 0 Å². The molecule has 0 saturated heterocycles. The molecule has 3 heteroatoms. The Morgan fingerprint density at radius 3 is 2.47 bits per heavy atom. The molecule has 0 aliphatic carbocycles. The summed E-state index contributed by atoms with van der Waals surface area (Å²) in [4.78, 5) is 0. The van der Waals surface area contributed by atoms with E-state index in [-0.39, 0.29) is 5.60 Å². The van der Waals surface area contributed by atoms with Gasteiger partial charge in [-0.25, -0.2) is 0 Å². The van der Waals surface area contributed by atoms with Gasteiger partial charge < -0.3 is 14.8 Å². The fraction of sp³-hybridized carbons (Fsp3) is 1.00. The zero-order valence-corrected chi connectivity index (χ0v) is 10.9. The van der Waals surface area contributed by atoms with Crippen molar-refractivity contribution in [3.63, 3.8) is 0 Å². The van der Waals surface area contributed by atoms with E-state index in [0.29, 0.717) is 5.92 Å². The lowest BCUT2D eigenvalue weighted by Gasteiger charge is -2.24. The van der Waals surface area contributed by atoms with Crippen molar-refractivity contribution in [3.8, 4) is 0 Å². The third-order valence-electron chi connectivity index (χ3n) is 2.77. The molecule has 0 fully saturated rings. The van der Waals surface area contributed by atoms with Crippen LogP contribution in [0.2, 0.25) is 0 Å². The molecule has 0 aromatic rings. The van der Waals surface area contributed by atoms with Crippen molar-refractivity contribution in [1.29, 1.82) is 0 Å². The van der Waals surface area contributed by atoms with Crippen molar-refractivity contribution >= 4 is 0 Å². The summed E-state index contributed by atoms with van der Waals surface area (Å²) in [6.07, 6.45) is 2.30. The Kier molecular flexibility index (Phi) is 8.02. The predicted molar refractivity (Wildman–Crippen MR) is 64.2 cm³/mol. The number of nitrogens with one attached hydrogen (secondary N) is 1. The average molecular weight is 217 g/mol. The van der Waals surface area contributed by atoms with Gasteiger partial charge in [0.1, 0.15) is 0 Å². The SMILES string of the molecule is COCCNCC(C)CCC(C)(C)OC. The van der Waals surface area contributed by atoms with Gasteiger partial charge in [0.05, 0.1) is 12.2 Å². The normalized spacial score (nSPS) is 14.2. The van der Waals surface area contributed by atoms with Gasteiger partial charge >= 0.3 is 0 Å². The van der Waals surface area contributed by atoms with Gasteiger partial charge in [-0.2, -0.15) is 0 Å². The minimum atomic E-state index is 0.0147. The molecule has 0 amide bonds.